The molecule has 174 valence electrons. The van der Waals surface area contributed by atoms with Gasteiger partial charge in [-0.25, -0.2) is 8.42 Å². The Morgan fingerprint density at radius 1 is 0.848 bits per heavy atom. The van der Waals surface area contributed by atoms with Crippen LogP contribution in [0.15, 0.2) is 83.8 Å². The lowest BCUT2D eigenvalue weighted by Crippen LogP contribution is -2.31. The molecule has 1 N–H and O–H groups in total. The molecule has 0 radical (unpaired) electrons. The molecule has 0 aliphatic carbocycles. The molecule has 6 nitrogen and oxygen atoms in total. The zero-order chi connectivity index (χ0) is 23.8. The first-order chi connectivity index (χ1) is 15.8. The summed E-state index contributed by atoms with van der Waals surface area (Å²) in [7, 11) is -1.74. The standard InChI is InChI=1S/C26H31N3O3S/c1-4-28(3)20-22-12-9-11-21(17-22)19-27-26(30)23-13-10-16-25(18-23)33(31,32)29(5-2)24-14-7-6-8-15-24/h6-18H,4-5,19-20H2,1-3H3,(H,27,30). The Balaban J connectivity index is 1.74. The summed E-state index contributed by atoms with van der Waals surface area (Å²) in [4.78, 5) is 15.1. The Morgan fingerprint density at radius 3 is 2.24 bits per heavy atom. The number of anilines is 1. The lowest BCUT2D eigenvalue weighted by atomic mass is 10.1. The highest BCUT2D eigenvalue weighted by molar-refractivity contribution is 7.92. The Hall–Kier alpha value is -3.16. The van der Waals surface area contributed by atoms with E-state index in [1.165, 1.54) is 22.0 Å². The monoisotopic (exact) mass is 465 g/mol. The summed E-state index contributed by atoms with van der Waals surface area (Å²) in [6.45, 7) is 6.34. The van der Waals surface area contributed by atoms with Gasteiger partial charge in [0.15, 0.2) is 0 Å². The molecule has 0 aromatic heterocycles. The van der Waals surface area contributed by atoms with E-state index in [0.29, 0.717) is 17.8 Å². The summed E-state index contributed by atoms with van der Waals surface area (Å²) in [6.07, 6.45) is 0. The van der Waals surface area contributed by atoms with Crippen LogP contribution in [0.2, 0.25) is 0 Å². The molecule has 0 bridgehead atoms. The van der Waals surface area contributed by atoms with Gasteiger partial charge >= 0.3 is 0 Å². The number of nitrogens with zero attached hydrogens (tertiary/aromatic N) is 2. The van der Waals surface area contributed by atoms with Gasteiger partial charge in [-0.2, -0.15) is 0 Å². The van der Waals surface area contributed by atoms with Crippen LogP contribution in [0.4, 0.5) is 5.69 Å². The van der Waals surface area contributed by atoms with Crippen LogP contribution in [0, 0.1) is 0 Å². The minimum Gasteiger partial charge on any atom is -0.348 e. The predicted octanol–water partition coefficient (Wildman–Crippen LogP) is 4.28. The normalized spacial score (nSPS) is 11.4. The van der Waals surface area contributed by atoms with E-state index in [1.54, 1.807) is 43.3 Å². The van der Waals surface area contributed by atoms with Gasteiger partial charge in [-0.3, -0.25) is 9.10 Å². The summed E-state index contributed by atoms with van der Waals surface area (Å²) in [5.74, 6) is -0.314. The lowest BCUT2D eigenvalue weighted by Gasteiger charge is -2.23. The average Bonchev–Trinajstić information content (AvgIpc) is 2.83. The van der Waals surface area contributed by atoms with Crippen molar-refractivity contribution in [1.82, 2.24) is 10.2 Å². The maximum absolute atomic E-state index is 13.3. The number of amides is 1. The zero-order valence-corrected chi connectivity index (χ0v) is 20.2. The van der Waals surface area contributed by atoms with Gasteiger partial charge in [0.05, 0.1) is 10.6 Å². The molecule has 0 saturated carbocycles. The molecule has 0 aliphatic heterocycles. The van der Waals surface area contributed by atoms with E-state index in [9.17, 15) is 13.2 Å². The minimum absolute atomic E-state index is 0.0884. The van der Waals surface area contributed by atoms with Crippen LogP contribution in [-0.4, -0.2) is 39.4 Å². The fourth-order valence-corrected chi connectivity index (χ4v) is 5.08. The first-order valence-electron chi connectivity index (χ1n) is 11.1. The van der Waals surface area contributed by atoms with Crippen molar-refractivity contribution in [2.75, 3.05) is 24.4 Å². The third-order valence-corrected chi connectivity index (χ3v) is 7.35. The third kappa shape index (κ3) is 6.21. The van der Waals surface area contributed by atoms with Crippen LogP contribution in [0.1, 0.15) is 35.3 Å². The maximum atomic E-state index is 13.3. The van der Waals surface area contributed by atoms with Gasteiger partial charge in [0.25, 0.3) is 15.9 Å². The Labute approximate surface area is 196 Å². The van der Waals surface area contributed by atoms with E-state index in [0.717, 1.165) is 18.7 Å². The van der Waals surface area contributed by atoms with Crippen LogP contribution < -0.4 is 9.62 Å². The van der Waals surface area contributed by atoms with Gasteiger partial charge in [-0.05, 0) is 62.0 Å². The molecule has 3 rings (SSSR count). The molecule has 0 unspecified atom stereocenters. The number of carbonyl (C=O) groups excluding carboxylic acids is 1. The van der Waals surface area contributed by atoms with Crippen molar-refractivity contribution < 1.29 is 13.2 Å². The van der Waals surface area contributed by atoms with Gasteiger partial charge in [-0.1, -0.05) is 55.5 Å². The Bertz CT molecular complexity index is 1180. The highest BCUT2D eigenvalue weighted by atomic mass is 32.2. The van der Waals surface area contributed by atoms with Gasteiger partial charge in [0, 0.05) is 25.2 Å². The van der Waals surface area contributed by atoms with Crippen LogP contribution in [0.5, 0.6) is 0 Å². The molecular weight excluding hydrogens is 434 g/mol. The first kappa shape index (κ1) is 24.5. The molecular formula is C26H31N3O3S. The van der Waals surface area contributed by atoms with Gasteiger partial charge in [-0.15, -0.1) is 0 Å². The number of para-hydroxylation sites is 1. The van der Waals surface area contributed by atoms with Crippen molar-refractivity contribution in [3.63, 3.8) is 0 Å². The topological polar surface area (TPSA) is 69.7 Å². The summed E-state index contributed by atoms with van der Waals surface area (Å²) < 4.78 is 27.9. The molecule has 0 fully saturated rings. The number of sulfonamides is 1. The van der Waals surface area contributed by atoms with Crippen molar-refractivity contribution in [1.29, 1.82) is 0 Å². The summed E-state index contributed by atoms with van der Waals surface area (Å²) in [5.41, 5.74) is 3.07. The second-order valence-corrected chi connectivity index (χ2v) is 9.73. The zero-order valence-electron chi connectivity index (χ0n) is 19.4. The van der Waals surface area contributed by atoms with Gasteiger partial charge in [0.1, 0.15) is 0 Å². The van der Waals surface area contributed by atoms with Crippen LogP contribution in [-0.2, 0) is 23.1 Å². The van der Waals surface area contributed by atoms with Gasteiger partial charge in [0.2, 0.25) is 0 Å². The fraction of sp³-hybridized carbons (Fsp3) is 0.269. The second kappa shape index (κ2) is 11.1. The van der Waals surface area contributed by atoms with E-state index in [1.807, 2.05) is 18.2 Å². The predicted molar refractivity (Wildman–Crippen MR) is 133 cm³/mol. The third-order valence-electron chi connectivity index (χ3n) is 5.45. The maximum Gasteiger partial charge on any atom is 0.264 e. The fourth-order valence-electron chi connectivity index (χ4n) is 3.56. The summed E-state index contributed by atoms with van der Waals surface area (Å²) in [6, 6.07) is 23.2. The van der Waals surface area contributed by atoms with Crippen molar-refractivity contribution in [3.05, 3.63) is 95.6 Å². The number of rotatable bonds is 10. The van der Waals surface area contributed by atoms with E-state index in [4.69, 9.17) is 0 Å². The first-order valence-corrected chi connectivity index (χ1v) is 12.5. The largest absolute Gasteiger partial charge is 0.348 e. The average molecular weight is 466 g/mol. The quantitative estimate of drug-likeness (QED) is 0.485. The van der Waals surface area contributed by atoms with E-state index in [-0.39, 0.29) is 17.3 Å². The van der Waals surface area contributed by atoms with Crippen molar-refractivity contribution in [2.24, 2.45) is 0 Å². The number of nitrogens with one attached hydrogen (secondary N) is 1. The van der Waals surface area contributed by atoms with Crippen LogP contribution in [0.25, 0.3) is 0 Å². The number of hydrogen-bond acceptors (Lipinski definition) is 4. The molecule has 33 heavy (non-hydrogen) atoms. The smallest absolute Gasteiger partial charge is 0.264 e. The molecule has 1 amide bonds. The van der Waals surface area contributed by atoms with E-state index < -0.39 is 10.0 Å². The number of hydrogen-bond donors (Lipinski definition) is 1. The molecule has 3 aromatic carbocycles. The minimum atomic E-state index is -3.80. The van der Waals surface area contributed by atoms with Crippen LogP contribution in [0.3, 0.4) is 0 Å². The molecule has 0 spiro atoms. The second-order valence-electron chi connectivity index (χ2n) is 7.87. The van der Waals surface area contributed by atoms with Crippen molar-refractivity contribution in [3.8, 4) is 0 Å². The molecule has 0 heterocycles. The van der Waals surface area contributed by atoms with Gasteiger partial charge < -0.3 is 10.2 Å². The summed E-state index contributed by atoms with van der Waals surface area (Å²) in [5, 5.41) is 2.90. The highest BCUT2D eigenvalue weighted by Gasteiger charge is 2.24. The summed E-state index contributed by atoms with van der Waals surface area (Å²) >= 11 is 0. The van der Waals surface area contributed by atoms with E-state index >= 15 is 0 Å². The van der Waals surface area contributed by atoms with Crippen LogP contribution >= 0.6 is 0 Å². The molecule has 0 saturated heterocycles. The van der Waals surface area contributed by atoms with Crippen molar-refractivity contribution in [2.45, 2.75) is 31.8 Å². The Morgan fingerprint density at radius 2 is 1.55 bits per heavy atom. The van der Waals surface area contributed by atoms with E-state index in [2.05, 4.69) is 36.3 Å². The lowest BCUT2D eigenvalue weighted by molar-refractivity contribution is 0.0950. The van der Waals surface area contributed by atoms with Crippen molar-refractivity contribution >= 4 is 21.6 Å². The SMILES string of the molecule is CCN(C)Cc1cccc(CNC(=O)c2cccc(S(=O)(=O)N(CC)c3ccccc3)c2)c1. The molecule has 3 aromatic rings. The molecule has 0 atom stereocenters. The number of carbonyl (C=O) groups is 1. The molecule has 0 aliphatic rings. The number of benzene rings is 3. The molecule has 7 heteroatoms. The Kier molecular flexibility index (Phi) is 8.25. The highest BCUT2D eigenvalue weighted by Crippen LogP contribution is 2.23.